The quantitative estimate of drug-likeness (QED) is 0.820. The highest BCUT2D eigenvalue weighted by atomic mass is 16.7. The van der Waals surface area contributed by atoms with Gasteiger partial charge in [-0.15, -0.1) is 0 Å². The lowest BCUT2D eigenvalue weighted by atomic mass is 9.97. The van der Waals surface area contributed by atoms with Gasteiger partial charge in [-0.1, -0.05) is 48.5 Å². The van der Waals surface area contributed by atoms with Crippen molar-refractivity contribution in [3.63, 3.8) is 0 Å². The van der Waals surface area contributed by atoms with E-state index in [1.807, 2.05) is 60.7 Å². The molecule has 2 N–H and O–H groups in total. The Morgan fingerprint density at radius 2 is 1.89 bits per heavy atom. The molecule has 0 radical (unpaired) electrons. The Labute approximate surface area is 163 Å². The van der Waals surface area contributed by atoms with Gasteiger partial charge in [0.1, 0.15) is 18.2 Å². The molecule has 4 atom stereocenters. The molecule has 0 saturated carbocycles. The number of rotatable bonds is 5. The number of amidine groups is 1. The number of anilines is 1. The number of carbonyl (C=O) groups excluding carboxylic acids is 1. The molecule has 28 heavy (non-hydrogen) atoms. The SMILES string of the molecule is CC(=O)C1=N[C@H]2CO[C@H](OCc3ccccc3)[C@H](O)[C@H]2N(c2ccccc2)N1. The number of aliphatic hydroxyl groups is 1. The van der Waals surface area contributed by atoms with Gasteiger partial charge in [-0.25, -0.2) is 0 Å². The topological polar surface area (TPSA) is 83.4 Å². The van der Waals surface area contributed by atoms with Crippen LogP contribution in [0.4, 0.5) is 5.69 Å². The zero-order valence-electron chi connectivity index (χ0n) is 15.6. The molecule has 2 aliphatic heterocycles. The van der Waals surface area contributed by atoms with E-state index >= 15 is 0 Å². The van der Waals surface area contributed by atoms with Crippen LogP contribution in [0.15, 0.2) is 65.7 Å². The van der Waals surface area contributed by atoms with Crippen molar-refractivity contribution in [2.45, 2.75) is 38.0 Å². The Morgan fingerprint density at radius 3 is 2.57 bits per heavy atom. The van der Waals surface area contributed by atoms with E-state index in [-0.39, 0.29) is 24.3 Å². The Morgan fingerprint density at radius 1 is 1.21 bits per heavy atom. The number of Topliss-reactive ketones (excluding diaryl/α,β-unsaturated/α-hetero) is 1. The van der Waals surface area contributed by atoms with Crippen LogP contribution >= 0.6 is 0 Å². The van der Waals surface area contributed by atoms with Crippen molar-refractivity contribution in [2.24, 2.45) is 4.99 Å². The van der Waals surface area contributed by atoms with Crippen LogP contribution in [-0.2, 0) is 20.9 Å². The summed E-state index contributed by atoms with van der Waals surface area (Å²) in [5.74, 6) is 0.0841. The summed E-state index contributed by atoms with van der Waals surface area (Å²) in [6.07, 6.45) is -1.74. The number of fused-ring (bicyclic) bond motifs is 1. The summed E-state index contributed by atoms with van der Waals surface area (Å²) in [6.45, 7) is 2.05. The molecule has 146 valence electrons. The summed E-state index contributed by atoms with van der Waals surface area (Å²) in [5.41, 5.74) is 4.88. The van der Waals surface area contributed by atoms with Gasteiger partial charge in [0.2, 0.25) is 0 Å². The minimum Gasteiger partial charge on any atom is -0.385 e. The zero-order chi connectivity index (χ0) is 19.5. The number of ether oxygens (including phenoxy) is 2. The van der Waals surface area contributed by atoms with Crippen molar-refractivity contribution in [3.05, 3.63) is 66.2 Å². The number of nitrogens with zero attached hydrogens (tertiary/aromatic N) is 2. The lowest BCUT2D eigenvalue weighted by molar-refractivity contribution is -0.229. The number of para-hydroxylation sites is 1. The van der Waals surface area contributed by atoms with E-state index in [1.54, 1.807) is 5.01 Å². The molecule has 7 heteroatoms. The molecule has 7 nitrogen and oxygen atoms in total. The van der Waals surface area contributed by atoms with Crippen molar-refractivity contribution >= 4 is 17.3 Å². The van der Waals surface area contributed by atoms with Crippen LogP contribution in [0, 0.1) is 0 Å². The molecule has 0 bridgehead atoms. The minimum absolute atomic E-state index is 0.170. The van der Waals surface area contributed by atoms with Gasteiger partial charge in [0.05, 0.1) is 18.9 Å². The predicted molar refractivity (Wildman–Crippen MR) is 105 cm³/mol. The van der Waals surface area contributed by atoms with Crippen molar-refractivity contribution in [1.29, 1.82) is 0 Å². The number of hydrogen-bond donors (Lipinski definition) is 2. The number of carbonyl (C=O) groups is 1. The number of benzene rings is 2. The van der Waals surface area contributed by atoms with Crippen molar-refractivity contribution in [2.75, 3.05) is 11.6 Å². The standard InChI is InChI=1S/C21H23N3O4/c1-14(25)20-22-17-13-28-21(27-12-15-8-4-2-5-9-15)19(26)18(17)24(23-20)16-10-6-3-7-11-16/h2-11,17-19,21,26H,12-13H2,1H3,(H,22,23)/t17-,18-,19+,21-/m0/s1. The maximum Gasteiger partial charge on any atom is 0.196 e. The monoisotopic (exact) mass is 381 g/mol. The van der Waals surface area contributed by atoms with Gasteiger partial charge >= 0.3 is 0 Å². The predicted octanol–water partition coefficient (Wildman–Crippen LogP) is 1.67. The number of ketones is 1. The van der Waals surface area contributed by atoms with Gasteiger partial charge in [-0.2, -0.15) is 0 Å². The highest BCUT2D eigenvalue weighted by molar-refractivity contribution is 6.38. The van der Waals surface area contributed by atoms with Gasteiger partial charge in [-0.3, -0.25) is 20.2 Å². The van der Waals surface area contributed by atoms with Crippen molar-refractivity contribution in [3.8, 4) is 0 Å². The Kier molecular flexibility index (Phi) is 5.38. The Bertz CT molecular complexity index is 843. The zero-order valence-corrected chi connectivity index (χ0v) is 15.6. The largest absolute Gasteiger partial charge is 0.385 e. The molecule has 0 aromatic heterocycles. The smallest absolute Gasteiger partial charge is 0.196 e. The van der Waals surface area contributed by atoms with Crippen LogP contribution in [-0.4, -0.2) is 47.8 Å². The number of hydrazine groups is 1. The first-order valence-corrected chi connectivity index (χ1v) is 9.28. The number of hydrogen-bond acceptors (Lipinski definition) is 7. The third-order valence-electron chi connectivity index (χ3n) is 4.90. The molecule has 2 heterocycles. The van der Waals surface area contributed by atoms with Crippen LogP contribution in [0.1, 0.15) is 12.5 Å². The van der Waals surface area contributed by atoms with Gasteiger partial charge in [0.25, 0.3) is 0 Å². The van der Waals surface area contributed by atoms with Crippen LogP contribution < -0.4 is 10.4 Å². The third-order valence-corrected chi connectivity index (χ3v) is 4.90. The van der Waals surface area contributed by atoms with Crippen molar-refractivity contribution in [1.82, 2.24) is 5.43 Å². The van der Waals surface area contributed by atoms with Gasteiger partial charge in [0, 0.05) is 6.92 Å². The fraction of sp³-hybridized carbons (Fsp3) is 0.333. The second kappa shape index (κ2) is 8.10. The van der Waals surface area contributed by atoms with Crippen LogP contribution in [0.2, 0.25) is 0 Å². The van der Waals surface area contributed by atoms with E-state index in [0.29, 0.717) is 6.61 Å². The molecule has 2 aromatic rings. The Hall–Kier alpha value is -2.74. The second-order valence-corrected chi connectivity index (χ2v) is 6.90. The molecule has 4 rings (SSSR count). The Balaban J connectivity index is 1.56. The molecule has 2 aliphatic rings. The normalized spacial score (nSPS) is 26.8. The van der Waals surface area contributed by atoms with E-state index < -0.39 is 18.4 Å². The fourth-order valence-electron chi connectivity index (χ4n) is 3.50. The molecular weight excluding hydrogens is 358 g/mol. The average molecular weight is 381 g/mol. The number of nitrogens with one attached hydrogen (secondary N) is 1. The first-order valence-electron chi connectivity index (χ1n) is 9.28. The molecule has 1 fully saturated rings. The first-order chi connectivity index (χ1) is 13.6. The van der Waals surface area contributed by atoms with Gasteiger partial charge in [-0.05, 0) is 17.7 Å². The molecule has 1 saturated heterocycles. The van der Waals surface area contributed by atoms with E-state index in [2.05, 4.69) is 10.4 Å². The maximum absolute atomic E-state index is 11.9. The molecule has 0 amide bonds. The van der Waals surface area contributed by atoms with Gasteiger partial charge < -0.3 is 14.6 Å². The average Bonchev–Trinajstić information content (AvgIpc) is 2.74. The van der Waals surface area contributed by atoms with E-state index in [1.165, 1.54) is 6.92 Å². The lowest BCUT2D eigenvalue weighted by Gasteiger charge is -2.47. The highest BCUT2D eigenvalue weighted by Gasteiger charge is 2.46. The minimum atomic E-state index is -0.951. The molecule has 0 unspecified atom stereocenters. The molecular formula is C21H23N3O4. The molecule has 0 aliphatic carbocycles. The van der Waals surface area contributed by atoms with E-state index in [4.69, 9.17) is 9.47 Å². The summed E-state index contributed by atoms with van der Waals surface area (Å²) in [5, 5.41) is 12.8. The van der Waals surface area contributed by atoms with Crippen LogP contribution in [0.5, 0.6) is 0 Å². The van der Waals surface area contributed by atoms with Crippen molar-refractivity contribution < 1.29 is 19.4 Å². The summed E-state index contributed by atoms with van der Waals surface area (Å²) in [6, 6.07) is 18.5. The van der Waals surface area contributed by atoms with E-state index in [9.17, 15) is 9.90 Å². The molecule has 2 aromatic carbocycles. The molecule has 0 spiro atoms. The number of aliphatic imine (C=N–C) groups is 1. The lowest BCUT2D eigenvalue weighted by Crippen LogP contribution is -2.68. The van der Waals surface area contributed by atoms with Crippen LogP contribution in [0.3, 0.4) is 0 Å². The summed E-state index contributed by atoms with van der Waals surface area (Å²) < 4.78 is 11.6. The van der Waals surface area contributed by atoms with Gasteiger partial charge in [0.15, 0.2) is 17.9 Å². The highest BCUT2D eigenvalue weighted by Crippen LogP contribution is 2.29. The van der Waals surface area contributed by atoms with Crippen LogP contribution in [0.25, 0.3) is 0 Å². The summed E-state index contributed by atoms with van der Waals surface area (Å²) in [7, 11) is 0. The third kappa shape index (κ3) is 3.77. The summed E-state index contributed by atoms with van der Waals surface area (Å²) in [4.78, 5) is 16.4. The second-order valence-electron chi connectivity index (χ2n) is 6.90. The number of aliphatic hydroxyl groups excluding tert-OH is 1. The van der Waals surface area contributed by atoms with E-state index in [0.717, 1.165) is 11.3 Å². The fourth-order valence-corrected chi connectivity index (χ4v) is 3.50. The first kappa shape index (κ1) is 18.6. The summed E-state index contributed by atoms with van der Waals surface area (Å²) >= 11 is 0. The maximum atomic E-state index is 11.9.